The van der Waals surface area contributed by atoms with Crippen molar-refractivity contribution in [2.45, 2.75) is 52.2 Å². The van der Waals surface area contributed by atoms with Gasteiger partial charge in [-0.3, -0.25) is 4.90 Å². The molecule has 1 heterocycles. The molecule has 2 nitrogen and oxygen atoms in total. The molecule has 1 fully saturated rings. The number of benzene rings is 1. The second-order valence-corrected chi connectivity index (χ2v) is 6.90. The second kappa shape index (κ2) is 7.57. The van der Waals surface area contributed by atoms with E-state index >= 15 is 0 Å². The summed E-state index contributed by atoms with van der Waals surface area (Å²) in [7, 11) is 0. The molecule has 1 N–H and O–H groups in total. The van der Waals surface area contributed by atoms with Crippen LogP contribution in [0.4, 0.5) is 4.39 Å². The average Bonchev–Trinajstić information content (AvgIpc) is 2.41. The average molecular weight is 313 g/mol. The first kappa shape index (κ1) is 16.7. The molecule has 1 aliphatic heterocycles. The van der Waals surface area contributed by atoms with E-state index in [-0.39, 0.29) is 5.82 Å². The highest BCUT2D eigenvalue weighted by Gasteiger charge is 2.27. The first-order valence-corrected chi connectivity index (χ1v) is 8.28. The zero-order chi connectivity index (χ0) is 15.4. The maximum Gasteiger partial charge on any atom is 0.129 e. The molecule has 4 heteroatoms. The highest BCUT2D eigenvalue weighted by Crippen LogP contribution is 2.21. The van der Waals surface area contributed by atoms with Crippen molar-refractivity contribution < 1.29 is 4.39 Å². The predicted molar refractivity (Wildman–Crippen MR) is 87.1 cm³/mol. The predicted octanol–water partition coefficient (Wildman–Crippen LogP) is 4.08. The summed E-state index contributed by atoms with van der Waals surface area (Å²) in [5.41, 5.74) is 0.739. The molecule has 2 atom stereocenters. The van der Waals surface area contributed by atoms with Crippen molar-refractivity contribution in [3.8, 4) is 0 Å². The van der Waals surface area contributed by atoms with Crippen LogP contribution < -0.4 is 5.32 Å². The molecule has 2 unspecified atom stereocenters. The monoisotopic (exact) mass is 312 g/mol. The maximum atomic E-state index is 14.0. The topological polar surface area (TPSA) is 15.3 Å². The van der Waals surface area contributed by atoms with E-state index < -0.39 is 0 Å². The Morgan fingerprint density at radius 1 is 1.43 bits per heavy atom. The molecular formula is C17H26ClFN2. The molecule has 0 amide bonds. The molecule has 0 aliphatic carbocycles. The third-order valence-electron chi connectivity index (χ3n) is 4.23. The van der Waals surface area contributed by atoms with Crippen molar-refractivity contribution in [3.05, 3.63) is 34.6 Å². The van der Waals surface area contributed by atoms with Crippen LogP contribution >= 0.6 is 11.6 Å². The SMILES string of the molecule is CCC1CNC(CC(C)C)CN1Cc1ccc(Cl)cc1F. The zero-order valence-corrected chi connectivity index (χ0v) is 14.0. The molecule has 21 heavy (non-hydrogen) atoms. The Morgan fingerprint density at radius 2 is 2.19 bits per heavy atom. The van der Waals surface area contributed by atoms with Gasteiger partial charge in [0, 0.05) is 42.3 Å². The van der Waals surface area contributed by atoms with Gasteiger partial charge in [0.25, 0.3) is 0 Å². The van der Waals surface area contributed by atoms with Crippen molar-refractivity contribution >= 4 is 11.6 Å². The summed E-state index contributed by atoms with van der Waals surface area (Å²) in [6, 6.07) is 5.97. The zero-order valence-electron chi connectivity index (χ0n) is 13.2. The number of nitrogens with one attached hydrogen (secondary N) is 1. The van der Waals surface area contributed by atoms with Crippen LogP contribution in [0.1, 0.15) is 39.2 Å². The lowest BCUT2D eigenvalue weighted by atomic mass is 9.98. The third-order valence-corrected chi connectivity index (χ3v) is 4.46. The number of hydrogen-bond acceptors (Lipinski definition) is 2. The van der Waals surface area contributed by atoms with Crippen molar-refractivity contribution in [3.63, 3.8) is 0 Å². The maximum absolute atomic E-state index is 14.0. The molecule has 0 spiro atoms. The first-order valence-electron chi connectivity index (χ1n) is 7.91. The van der Waals surface area contributed by atoms with Gasteiger partial charge < -0.3 is 5.32 Å². The fourth-order valence-electron chi connectivity index (χ4n) is 3.12. The smallest absolute Gasteiger partial charge is 0.129 e. The van der Waals surface area contributed by atoms with Crippen molar-refractivity contribution in [2.75, 3.05) is 13.1 Å². The molecule has 1 aromatic carbocycles. The summed E-state index contributed by atoms with van der Waals surface area (Å²) in [4.78, 5) is 2.41. The minimum absolute atomic E-state index is 0.198. The number of rotatable bonds is 5. The van der Waals surface area contributed by atoms with Crippen molar-refractivity contribution in [1.82, 2.24) is 10.2 Å². The Balaban J connectivity index is 2.06. The molecule has 0 saturated carbocycles. The summed E-state index contributed by atoms with van der Waals surface area (Å²) >= 11 is 5.83. The van der Waals surface area contributed by atoms with Gasteiger partial charge in [0.15, 0.2) is 0 Å². The van der Waals surface area contributed by atoms with E-state index in [0.717, 1.165) is 31.5 Å². The van der Waals surface area contributed by atoms with Gasteiger partial charge in [0.1, 0.15) is 5.82 Å². The van der Waals surface area contributed by atoms with Crippen molar-refractivity contribution in [1.29, 1.82) is 0 Å². The van der Waals surface area contributed by atoms with Gasteiger partial charge in [-0.05, 0) is 30.9 Å². The normalized spacial score (nSPS) is 23.7. The van der Waals surface area contributed by atoms with Gasteiger partial charge in [-0.15, -0.1) is 0 Å². The number of halogens is 2. The summed E-state index contributed by atoms with van der Waals surface area (Å²) in [6.45, 7) is 9.33. The largest absolute Gasteiger partial charge is 0.311 e. The molecule has 2 rings (SSSR count). The second-order valence-electron chi connectivity index (χ2n) is 6.46. The Kier molecular flexibility index (Phi) is 6.03. The Labute approximate surface area is 132 Å². The van der Waals surface area contributed by atoms with E-state index in [2.05, 4.69) is 31.0 Å². The summed E-state index contributed by atoms with van der Waals surface area (Å²) < 4.78 is 14.0. The number of hydrogen-bond donors (Lipinski definition) is 1. The van der Waals surface area contributed by atoms with Crippen molar-refractivity contribution in [2.24, 2.45) is 5.92 Å². The summed E-state index contributed by atoms with van der Waals surface area (Å²) in [5.74, 6) is 0.478. The number of piperazine rings is 1. The molecular weight excluding hydrogens is 287 g/mol. The Bertz CT molecular complexity index is 464. The lowest BCUT2D eigenvalue weighted by molar-refractivity contribution is 0.110. The van der Waals surface area contributed by atoms with Crippen LogP contribution in [0, 0.1) is 11.7 Å². The summed E-state index contributed by atoms with van der Waals surface area (Å²) in [5, 5.41) is 4.09. The molecule has 0 bridgehead atoms. The molecule has 0 radical (unpaired) electrons. The van der Waals surface area contributed by atoms with Crippen LogP contribution in [-0.4, -0.2) is 30.1 Å². The fourth-order valence-corrected chi connectivity index (χ4v) is 3.28. The van der Waals surface area contributed by atoms with E-state index in [4.69, 9.17) is 11.6 Å². The van der Waals surface area contributed by atoms with Crippen LogP contribution in [0.2, 0.25) is 5.02 Å². The fraction of sp³-hybridized carbons (Fsp3) is 0.647. The minimum atomic E-state index is -0.198. The highest BCUT2D eigenvalue weighted by molar-refractivity contribution is 6.30. The lowest BCUT2D eigenvalue weighted by Crippen LogP contribution is -2.56. The quantitative estimate of drug-likeness (QED) is 0.881. The molecule has 118 valence electrons. The van der Waals surface area contributed by atoms with Gasteiger partial charge >= 0.3 is 0 Å². The van der Waals surface area contributed by atoms with Gasteiger partial charge in [0.2, 0.25) is 0 Å². The van der Waals surface area contributed by atoms with Crippen LogP contribution in [0.25, 0.3) is 0 Å². The van der Waals surface area contributed by atoms with Crippen LogP contribution in [0.5, 0.6) is 0 Å². The van der Waals surface area contributed by atoms with E-state index in [9.17, 15) is 4.39 Å². The van der Waals surface area contributed by atoms with Gasteiger partial charge in [-0.1, -0.05) is 38.4 Å². The van der Waals surface area contributed by atoms with Crippen LogP contribution in [0.15, 0.2) is 18.2 Å². The van der Waals surface area contributed by atoms with E-state index in [1.165, 1.54) is 6.07 Å². The van der Waals surface area contributed by atoms with E-state index in [0.29, 0.717) is 29.6 Å². The van der Waals surface area contributed by atoms with Crippen LogP contribution in [-0.2, 0) is 6.54 Å². The standard InChI is InChI=1S/C17H26ClFN2/c1-4-16-9-20-15(7-12(2)3)11-21(16)10-13-5-6-14(18)8-17(13)19/h5-6,8,12,15-16,20H,4,7,9-11H2,1-3H3. The lowest BCUT2D eigenvalue weighted by Gasteiger charge is -2.40. The highest BCUT2D eigenvalue weighted by atomic mass is 35.5. The summed E-state index contributed by atoms with van der Waals surface area (Å²) in [6.07, 6.45) is 2.24. The molecule has 0 aromatic heterocycles. The Morgan fingerprint density at radius 3 is 2.81 bits per heavy atom. The van der Waals surface area contributed by atoms with Crippen LogP contribution in [0.3, 0.4) is 0 Å². The van der Waals surface area contributed by atoms with Gasteiger partial charge in [-0.2, -0.15) is 0 Å². The molecule has 1 aliphatic rings. The molecule has 1 saturated heterocycles. The third kappa shape index (κ3) is 4.67. The minimum Gasteiger partial charge on any atom is -0.311 e. The Hall–Kier alpha value is -0.640. The van der Waals surface area contributed by atoms with Gasteiger partial charge in [-0.25, -0.2) is 4.39 Å². The van der Waals surface area contributed by atoms with Gasteiger partial charge in [0.05, 0.1) is 0 Å². The van der Waals surface area contributed by atoms with E-state index in [1.807, 2.05) is 6.07 Å². The first-order chi connectivity index (χ1) is 9.99. The number of nitrogens with zero attached hydrogens (tertiary/aromatic N) is 1. The molecule has 1 aromatic rings. The van der Waals surface area contributed by atoms with E-state index in [1.54, 1.807) is 6.07 Å².